The predicted octanol–water partition coefficient (Wildman–Crippen LogP) is 1.97. The first-order chi connectivity index (χ1) is 14.5. The molecule has 1 fully saturated rings. The summed E-state index contributed by atoms with van der Waals surface area (Å²) < 4.78 is 6.73. The van der Waals surface area contributed by atoms with Gasteiger partial charge in [-0.05, 0) is 25.1 Å². The van der Waals surface area contributed by atoms with Crippen LogP contribution in [0.3, 0.4) is 0 Å². The first-order valence-electron chi connectivity index (χ1n) is 9.30. The Hall–Kier alpha value is -3.86. The van der Waals surface area contributed by atoms with E-state index in [1.165, 1.54) is 16.8 Å². The molecule has 0 radical (unpaired) electrons. The van der Waals surface area contributed by atoms with Crippen molar-refractivity contribution in [1.82, 2.24) is 20.0 Å². The highest BCUT2D eigenvalue weighted by molar-refractivity contribution is 6.03. The van der Waals surface area contributed by atoms with Gasteiger partial charge in [0.25, 0.3) is 11.6 Å². The minimum absolute atomic E-state index is 0.0713. The largest absolute Gasteiger partial charge is 0.378 e. The Morgan fingerprint density at radius 2 is 2.00 bits per heavy atom. The molecule has 0 aliphatic carbocycles. The van der Waals surface area contributed by atoms with Crippen molar-refractivity contribution in [2.75, 3.05) is 36.5 Å². The number of amides is 1. The van der Waals surface area contributed by atoms with Gasteiger partial charge in [0.1, 0.15) is 5.82 Å². The second-order valence-electron chi connectivity index (χ2n) is 6.67. The Labute approximate surface area is 171 Å². The molecule has 0 bridgehead atoms. The first kappa shape index (κ1) is 19.5. The van der Waals surface area contributed by atoms with Crippen LogP contribution < -0.4 is 10.2 Å². The van der Waals surface area contributed by atoms with Crippen molar-refractivity contribution in [1.29, 1.82) is 0 Å². The zero-order valence-corrected chi connectivity index (χ0v) is 16.2. The summed E-state index contributed by atoms with van der Waals surface area (Å²) in [5, 5.41) is 21.6. The lowest BCUT2D eigenvalue weighted by Crippen LogP contribution is -2.36. The van der Waals surface area contributed by atoms with Gasteiger partial charge in [0.05, 0.1) is 41.4 Å². The maximum atomic E-state index is 12.6. The summed E-state index contributed by atoms with van der Waals surface area (Å²) >= 11 is 0. The smallest absolute Gasteiger partial charge is 0.279 e. The highest BCUT2D eigenvalue weighted by atomic mass is 16.6. The van der Waals surface area contributed by atoms with Crippen LogP contribution in [0.1, 0.15) is 16.2 Å². The summed E-state index contributed by atoms with van der Waals surface area (Å²) in [6, 6.07) is 9.57. The van der Waals surface area contributed by atoms with Crippen molar-refractivity contribution in [2.24, 2.45) is 0 Å². The molecule has 11 nitrogen and oxygen atoms in total. The number of nitrogens with zero attached hydrogens (tertiary/aromatic N) is 6. The van der Waals surface area contributed by atoms with Crippen LogP contribution >= 0.6 is 0 Å². The molecule has 1 aromatic carbocycles. The van der Waals surface area contributed by atoms with E-state index in [2.05, 4.69) is 25.5 Å². The topological polar surface area (TPSA) is 128 Å². The molecule has 4 rings (SSSR count). The van der Waals surface area contributed by atoms with E-state index in [4.69, 9.17) is 4.74 Å². The van der Waals surface area contributed by atoms with Crippen LogP contribution in [0, 0.1) is 17.0 Å². The van der Waals surface area contributed by atoms with Crippen LogP contribution in [0.2, 0.25) is 0 Å². The van der Waals surface area contributed by atoms with Gasteiger partial charge >= 0.3 is 0 Å². The molecule has 154 valence electrons. The number of hydrogen-bond acceptors (Lipinski definition) is 8. The highest BCUT2D eigenvalue weighted by Crippen LogP contribution is 2.20. The van der Waals surface area contributed by atoms with Crippen molar-refractivity contribution < 1.29 is 14.5 Å². The van der Waals surface area contributed by atoms with Gasteiger partial charge in [0, 0.05) is 25.2 Å². The molecule has 1 amide bonds. The van der Waals surface area contributed by atoms with Gasteiger partial charge < -0.3 is 15.0 Å². The van der Waals surface area contributed by atoms with E-state index in [0.717, 1.165) is 18.8 Å². The Bertz CT molecular complexity index is 1070. The number of nitro groups is 1. The fourth-order valence-electron chi connectivity index (χ4n) is 3.17. The number of anilines is 2. The SMILES string of the molecule is Cc1c(C(=O)Nc2ccc(N3CCOCC3)cn2)nnn1-c1cccc([N+](=O)[O-])c1. The third kappa shape index (κ3) is 3.96. The zero-order valence-electron chi connectivity index (χ0n) is 16.2. The van der Waals surface area contributed by atoms with Crippen LogP contribution in [-0.2, 0) is 4.74 Å². The quantitative estimate of drug-likeness (QED) is 0.500. The standard InChI is InChI=1S/C19H19N7O4/c1-13-18(22-23-25(13)14-3-2-4-15(11-14)26(28)29)19(27)21-17-6-5-16(12-20-17)24-7-9-30-10-8-24/h2-6,11-12H,7-10H2,1H3,(H,20,21,27). The van der Waals surface area contributed by atoms with Gasteiger partial charge in [-0.1, -0.05) is 11.3 Å². The number of benzene rings is 1. The average Bonchev–Trinajstić information content (AvgIpc) is 3.16. The van der Waals surface area contributed by atoms with E-state index in [-0.39, 0.29) is 11.4 Å². The third-order valence-corrected chi connectivity index (χ3v) is 4.76. The summed E-state index contributed by atoms with van der Waals surface area (Å²) in [7, 11) is 0. The van der Waals surface area contributed by atoms with Crippen LogP contribution in [0.25, 0.3) is 5.69 Å². The minimum Gasteiger partial charge on any atom is -0.378 e. The van der Waals surface area contributed by atoms with E-state index in [1.54, 1.807) is 31.3 Å². The number of hydrogen-bond donors (Lipinski definition) is 1. The number of rotatable bonds is 5. The monoisotopic (exact) mass is 409 g/mol. The fraction of sp³-hybridized carbons (Fsp3) is 0.263. The number of carbonyl (C=O) groups is 1. The maximum absolute atomic E-state index is 12.6. The van der Waals surface area contributed by atoms with E-state index >= 15 is 0 Å². The van der Waals surface area contributed by atoms with Crippen LogP contribution in [0.15, 0.2) is 42.6 Å². The van der Waals surface area contributed by atoms with E-state index in [1.807, 2.05) is 6.07 Å². The first-order valence-corrected chi connectivity index (χ1v) is 9.30. The van der Waals surface area contributed by atoms with Gasteiger partial charge in [-0.25, -0.2) is 9.67 Å². The normalized spacial score (nSPS) is 13.8. The Balaban J connectivity index is 1.49. The van der Waals surface area contributed by atoms with Gasteiger partial charge in [0.15, 0.2) is 5.69 Å². The number of morpholine rings is 1. The van der Waals surface area contributed by atoms with Crippen molar-refractivity contribution in [3.63, 3.8) is 0 Å². The van der Waals surface area contributed by atoms with Crippen molar-refractivity contribution in [3.8, 4) is 5.69 Å². The number of non-ortho nitro benzene ring substituents is 1. The minimum atomic E-state index is -0.490. The summed E-state index contributed by atoms with van der Waals surface area (Å²) in [5.41, 5.74) is 1.90. The molecule has 1 N–H and O–H groups in total. The third-order valence-electron chi connectivity index (χ3n) is 4.76. The molecule has 1 aliphatic heterocycles. The lowest BCUT2D eigenvalue weighted by molar-refractivity contribution is -0.384. The molecule has 0 unspecified atom stereocenters. The van der Waals surface area contributed by atoms with E-state index in [9.17, 15) is 14.9 Å². The van der Waals surface area contributed by atoms with E-state index < -0.39 is 10.8 Å². The van der Waals surface area contributed by atoms with E-state index in [0.29, 0.717) is 30.4 Å². The number of carbonyl (C=O) groups excluding carboxylic acids is 1. The summed E-state index contributed by atoms with van der Waals surface area (Å²) in [5.74, 6) is -0.0721. The number of pyridine rings is 1. The lowest BCUT2D eigenvalue weighted by Gasteiger charge is -2.28. The molecule has 1 saturated heterocycles. The molecule has 0 saturated carbocycles. The summed E-state index contributed by atoms with van der Waals surface area (Å²) in [6.45, 7) is 4.62. The Morgan fingerprint density at radius 3 is 2.70 bits per heavy atom. The van der Waals surface area contributed by atoms with Gasteiger partial charge in [-0.15, -0.1) is 5.10 Å². The van der Waals surface area contributed by atoms with Gasteiger partial charge in [0.2, 0.25) is 0 Å². The Kier molecular flexibility index (Phi) is 5.35. The second-order valence-corrected chi connectivity index (χ2v) is 6.67. The molecular weight excluding hydrogens is 390 g/mol. The maximum Gasteiger partial charge on any atom is 0.279 e. The molecule has 3 heterocycles. The van der Waals surface area contributed by atoms with Crippen LogP contribution in [-0.4, -0.2) is 57.1 Å². The lowest BCUT2D eigenvalue weighted by atomic mass is 10.2. The average molecular weight is 409 g/mol. The molecule has 30 heavy (non-hydrogen) atoms. The van der Waals surface area contributed by atoms with Crippen LogP contribution in [0.4, 0.5) is 17.2 Å². The number of ether oxygens (including phenoxy) is 1. The van der Waals surface area contributed by atoms with Gasteiger partial charge in [-0.2, -0.15) is 0 Å². The summed E-state index contributed by atoms with van der Waals surface area (Å²) in [4.78, 5) is 29.6. The number of nitro benzene ring substituents is 1. The van der Waals surface area contributed by atoms with Crippen molar-refractivity contribution >= 4 is 23.1 Å². The molecule has 0 atom stereocenters. The molecule has 11 heteroatoms. The molecule has 2 aromatic heterocycles. The van der Waals surface area contributed by atoms with Crippen molar-refractivity contribution in [2.45, 2.75) is 6.92 Å². The zero-order chi connectivity index (χ0) is 21.1. The molecule has 0 spiro atoms. The fourth-order valence-corrected chi connectivity index (χ4v) is 3.17. The summed E-state index contributed by atoms with van der Waals surface area (Å²) in [6.07, 6.45) is 1.70. The van der Waals surface area contributed by atoms with Crippen LogP contribution in [0.5, 0.6) is 0 Å². The number of aromatic nitrogens is 4. The molecule has 3 aromatic rings. The number of nitrogens with one attached hydrogen (secondary N) is 1. The van der Waals surface area contributed by atoms with Gasteiger partial charge in [-0.3, -0.25) is 14.9 Å². The Morgan fingerprint density at radius 1 is 1.20 bits per heavy atom. The predicted molar refractivity (Wildman–Crippen MR) is 108 cm³/mol. The van der Waals surface area contributed by atoms with Crippen molar-refractivity contribution in [3.05, 3.63) is 64.1 Å². The molecular formula is C19H19N7O4. The highest BCUT2D eigenvalue weighted by Gasteiger charge is 2.19. The second kappa shape index (κ2) is 8.25. The molecule has 1 aliphatic rings.